The molecule has 0 saturated carbocycles. The molecule has 2 N–H and O–H groups in total. The van der Waals surface area contributed by atoms with Gasteiger partial charge in [-0.05, 0) is 64.6 Å². The van der Waals surface area contributed by atoms with Crippen LogP contribution in [0.1, 0.15) is 58.2 Å². The highest BCUT2D eigenvalue weighted by Crippen LogP contribution is 2.38. The minimum atomic E-state index is -1.89. The van der Waals surface area contributed by atoms with E-state index in [0.29, 0.717) is 13.2 Å². The van der Waals surface area contributed by atoms with Gasteiger partial charge in [0, 0.05) is 5.56 Å². The van der Waals surface area contributed by atoms with Gasteiger partial charge in [0.1, 0.15) is 0 Å². The van der Waals surface area contributed by atoms with Crippen LogP contribution in [0.15, 0.2) is 42.5 Å². The molecule has 0 unspecified atom stereocenters. The van der Waals surface area contributed by atoms with Crippen molar-refractivity contribution in [2.75, 3.05) is 6.54 Å². The van der Waals surface area contributed by atoms with Crippen molar-refractivity contribution in [3.8, 4) is 23.0 Å². The van der Waals surface area contributed by atoms with E-state index in [2.05, 4.69) is 127 Å². The third kappa shape index (κ3) is 8.85. The Kier molecular flexibility index (Phi) is 10.00. The molecule has 0 radical (unpaired) electrons. The van der Waals surface area contributed by atoms with Gasteiger partial charge >= 0.3 is 6.09 Å². The second-order valence-electron chi connectivity index (χ2n) is 12.6. The molecular weight excluding hydrogens is 495 g/mol. The van der Waals surface area contributed by atoms with Gasteiger partial charge in [-0.15, -0.1) is 0 Å². The monoisotopic (exact) mass is 539 g/mol. The molecule has 0 bridgehead atoms. The SMILES string of the molecule is CC(C)(C)[Si](C)(C)OCc1ccc(-c2ccc(CO[Si](C)(C)C(C)(C)C)cc2C#CCNC(=O)O)cc1. The molecule has 0 aliphatic carbocycles. The summed E-state index contributed by atoms with van der Waals surface area (Å²) in [6.45, 7) is 23.7. The van der Waals surface area contributed by atoms with Crippen LogP contribution in [0.5, 0.6) is 0 Å². The number of carboxylic acid groups (broad SMARTS) is 1. The maximum Gasteiger partial charge on any atom is 0.405 e. The smallest absolute Gasteiger partial charge is 0.405 e. The normalized spacial score (nSPS) is 12.6. The molecule has 2 rings (SSSR count). The first-order valence-electron chi connectivity index (χ1n) is 12.9. The number of rotatable bonds is 8. The first-order chi connectivity index (χ1) is 16.9. The van der Waals surface area contributed by atoms with Gasteiger partial charge < -0.3 is 19.3 Å². The summed E-state index contributed by atoms with van der Waals surface area (Å²) in [5, 5.41) is 11.5. The number of hydrogen-bond acceptors (Lipinski definition) is 3. The number of amides is 1. The quantitative estimate of drug-likeness (QED) is 0.263. The fourth-order valence-corrected chi connectivity index (χ4v) is 4.96. The predicted molar refractivity (Wildman–Crippen MR) is 159 cm³/mol. The van der Waals surface area contributed by atoms with Crippen molar-refractivity contribution >= 4 is 22.7 Å². The van der Waals surface area contributed by atoms with Gasteiger partial charge in [-0.2, -0.15) is 0 Å². The zero-order chi connectivity index (χ0) is 28.1. The second-order valence-corrected chi connectivity index (χ2v) is 22.3. The molecule has 0 aliphatic heterocycles. The summed E-state index contributed by atoms with van der Waals surface area (Å²) in [5.41, 5.74) is 5.13. The molecule has 1 amide bonds. The summed E-state index contributed by atoms with van der Waals surface area (Å²) in [6.07, 6.45) is -1.08. The number of hydrogen-bond donors (Lipinski definition) is 2. The van der Waals surface area contributed by atoms with E-state index in [4.69, 9.17) is 14.0 Å². The Balaban J connectivity index is 2.29. The molecule has 0 aliphatic rings. The zero-order valence-electron chi connectivity index (χ0n) is 24.3. The van der Waals surface area contributed by atoms with Crippen LogP contribution in [0.25, 0.3) is 11.1 Å². The van der Waals surface area contributed by atoms with E-state index in [-0.39, 0.29) is 16.6 Å². The van der Waals surface area contributed by atoms with E-state index in [0.717, 1.165) is 27.8 Å². The molecule has 5 nitrogen and oxygen atoms in total. The highest BCUT2D eigenvalue weighted by atomic mass is 28.4. The van der Waals surface area contributed by atoms with Gasteiger partial charge in [0.15, 0.2) is 16.6 Å². The average molecular weight is 540 g/mol. The minimum absolute atomic E-state index is 0.0726. The van der Waals surface area contributed by atoms with E-state index in [9.17, 15) is 4.79 Å². The van der Waals surface area contributed by atoms with Crippen molar-refractivity contribution in [1.82, 2.24) is 5.32 Å². The molecular formula is C30H45NO4Si2. The Morgan fingerprint density at radius 3 is 1.81 bits per heavy atom. The first kappa shape index (κ1) is 30.8. The van der Waals surface area contributed by atoms with Crippen molar-refractivity contribution in [2.45, 2.75) is 91.0 Å². The number of carbonyl (C=O) groups is 1. The maximum absolute atomic E-state index is 10.8. The van der Waals surface area contributed by atoms with E-state index in [1.807, 2.05) is 0 Å². The summed E-state index contributed by atoms with van der Waals surface area (Å²) in [6, 6.07) is 14.7. The van der Waals surface area contributed by atoms with Crippen LogP contribution in [-0.2, 0) is 22.1 Å². The lowest BCUT2D eigenvalue weighted by Crippen LogP contribution is -2.40. The van der Waals surface area contributed by atoms with Gasteiger partial charge in [0.2, 0.25) is 0 Å². The maximum atomic E-state index is 10.8. The van der Waals surface area contributed by atoms with Crippen LogP contribution >= 0.6 is 0 Å². The Hall–Kier alpha value is -2.38. The molecule has 37 heavy (non-hydrogen) atoms. The summed E-state index contributed by atoms with van der Waals surface area (Å²) >= 11 is 0. The van der Waals surface area contributed by atoms with Crippen molar-refractivity contribution in [1.29, 1.82) is 0 Å². The highest BCUT2D eigenvalue weighted by molar-refractivity contribution is 6.74. The van der Waals surface area contributed by atoms with Gasteiger partial charge in [-0.1, -0.05) is 89.8 Å². The van der Waals surface area contributed by atoms with Crippen molar-refractivity contribution in [2.24, 2.45) is 0 Å². The summed E-state index contributed by atoms with van der Waals surface area (Å²) < 4.78 is 12.8. The summed E-state index contributed by atoms with van der Waals surface area (Å²) in [4.78, 5) is 10.8. The molecule has 0 spiro atoms. The fraction of sp³-hybridized carbons (Fsp3) is 0.500. The van der Waals surface area contributed by atoms with Crippen LogP contribution in [0.2, 0.25) is 36.3 Å². The molecule has 0 heterocycles. The largest absolute Gasteiger partial charge is 0.465 e. The number of benzene rings is 2. The molecule has 2 aromatic carbocycles. The molecule has 0 fully saturated rings. The van der Waals surface area contributed by atoms with Gasteiger partial charge in [0.25, 0.3) is 0 Å². The number of nitrogens with one attached hydrogen (secondary N) is 1. The summed E-state index contributed by atoms with van der Waals surface area (Å²) in [7, 11) is -3.70. The van der Waals surface area contributed by atoms with Crippen molar-refractivity contribution in [3.63, 3.8) is 0 Å². The van der Waals surface area contributed by atoms with E-state index >= 15 is 0 Å². The molecule has 0 aromatic heterocycles. The highest BCUT2D eigenvalue weighted by Gasteiger charge is 2.37. The lowest BCUT2D eigenvalue weighted by molar-refractivity contribution is 0.196. The topological polar surface area (TPSA) is 67.8 Å². The molecule has 0 atom stereocenters. The molecule has 7 heteroatoms. The van der Waals surface area contributed by atoms with Gasteiger partial charge in [0.05, 0.1) is 19.8 Å². The first-order valence-corrected chi connectivity index (χ1v) is 18.7. The van der Waals surface area contributed by atoms with Gasteiger partial charge in [-0.3, -0.25) is 0 Å². The second kappa shape index (κ2) is 12.0. The Morgan fingerprint density at radius 1 is 0.838 bits per heavy atom. The average Bonchev–Trinajstić information content (AvgIpc) is 2.78. The zero-order valence-corrected chi connectivity index (χ0v) is 26.3. The lowest BCUT2D eigenvalue weighted by Gasteiger charge is -2.36. The van der Waals surface area contributed by atoms with Crippen LogP contribution < -0.4 is 5.32 Å². The summed E-state index contributed by atoms with van der Waals surface area (Å²) in [5.74, 6) is 6.11. The Bertz CT molecular complexity index is 1130. The Labute approximate surface area is 226 Å². The predicted octanol–water partition coefficient (Wildman–Crippen LogP) is 8.02. The third-order valence-corrected chi connectivity index (χ3v) is 16.7. The molecule has 2 aromatic rings. The Morgan fingerprint density at radius 2 is 1.32 bits per heavy atom. The lowest BCUT2D eigenvalue weighted by atomic mass is 9.97. The standard InChI is InChI=1S/C30H45NO4Si2/c1-29(2,3)36(7,8)34-21-23-13-16-25(17-14-23)27-18-15-24(22-35-37(9,10)30(4,5)6)20-26(27)12-11-19-31-28(32)33/h13-18,20,31H,19,21-22H2,1-10H3,(H,32,33). The van der Waals surface area contributed by atoms with Crippen LogP contribution in [0.3, 0.4) is 0 Å². The van der Waals surface area contributed by atoms with Crippen molar-refractivity contribution < 1.29 is 18.8 Å². The van der Waals surface area contributed by atoms with Crippen LogP contribution in [0, 0.1) is 11.8 Å². The molecule has 0 saturated heterocycles. The van der Waals surface area contributed by atoms with E-state index in [1.54, 1.807) is 0 Å². The molecule has 202 valence electrons. The minimum Gasteiger partial charge on any atom is -0.465 e. The van der Waals surface area contributed by atoms with E-state index < -0.39 is 22.7 Å². The van der Waals surface area contributed by atoms with Crippen LogP contribution in [-0.4, -0.2) is 34.4 Å². The third-order valence-electron chi connectivity index (χ3n) is 7.71. The fourth-order valence-electron chi connectivity index (χ4n) is 3.04. The van der Waals surface area contributed by atoms with Crippen molar-refractivity contribution in [3.05, 3.63) is 59.2 Å². The van der Waals surface area contributed by atoms with E-state index in [1.165, 1.54) is 0 Å². The van der Waals surface area contributed by atoms with Gasteiger partial charge in [-0.25, -0.2) is 4.79 Å². The van der Waals surface area contributed by atoms with Crippen LogP contribution in [0.4, 0.5) is 4.79 Å².